The van der Waals surface area contributed by atoms with E-state index in [9.17, 15) is 18.3 Å². The summed E-state index contributed by atoms with van der Waals surface area (Å²) >= 11 is -0.106. The van der Waals surface area contributed by atoms with Gasteiger partial charge in [0.05, 0.1) is 11.6 Å². The van der Waals surface area contributed by atoms with Gasteiger partial charge in [-0.25, -0.2) is 0 Å². The van der Waals surface area contributed by atoms with E-state index in [2.05, 4.69) is 5.32 Å². The molecule has 1 aromatic rings. The fourth-order valence-electron chi connectivity index (χ4n) is 1.41. The molecule has 1 unspecified atom stereocenters. The summed E-state index contributed by atoms with van der Waals surface area (Å²) in [6, 6.07) is 8.45. The monoisotopic (exact) mass is 320 g/mol. The number of benzene rings is 1. The van der Waals surface area contributed by atoms with Crippen molar-refractivity contribution >= 4 is 11.8 Å². The molecule has 21 heavy (non-hydrogen) atoms. The Balaban J connectivity index is 2.16. The van der Waals surface area contributed by atoms with Gasteiger partial charge in [-0.05, 0) is 30.0 Å². The van der Waals surface area contributed by atoms with Crippen LogP contribution in [0.5, 0.6) is 5.75 Å². The Hall–Kier alpha value is -1.43. The molecule has 0 aliphatic carbocycles. The van der Waals surface area contributed by atoms with Crippen LogP contribution >= 0.6 is 11.8 Å². The van der Waals surface area contributed by atoms with Gasteiger partial charge in [-0.15, -0.1) is 0 Å². The van der Waals surface area contributed by atoms with E-state index in [1.165, 1.54) is 0 Å². The minimum absolute atomic E-state index is 0.00566. The van der Waals surface area contributed by atoms with Gasteiger partial charge >= 0.3 is 5.51 Å². The lowest BCUT2D eigenvalue weighted by atomic mass is 10.2. The molecule has 8 heteroatoms. The number of nitrogens with one attached hydrogen (secondary N) is 1. The number of alkyl halides is 3. The van der Waals surface area contributed by atoms with Gasteiger partial charge < -0.3 is 15.2 Å². The molecule has 1 atom stereocenters. The number of nitriles is 1. The van der Waals surface area contributed by atoms with Gasteiger partial charge in [-0.3, -0.25) is 0 Å². The molecule has 2 N–H and O–H groups in total. The Morgan fingerprint density at radius 2 is 2.19 bits per heavy atom. The molecule has 0 aliphatic rings. The topological polar surface area (TPSA) is 65.3 Å². The van der Waals surface area contributed by atoms with Gasteiger partial charge in [-0.2, -0.15) is 18.4 Å². The van der Waals surface area contributed by atoms with Crippen LogP contribution in [0.3, 0.4) is 0 Å². The Morgan fingerprint density at radius 1 is 1.43 bits per heavy atom. The van der Waals surface area contributed by atoms with Gasteiger partial charge in [0.15, 0.2) is 0 Å². The van der Waals surface area contributed by atoms with Crippen molar-refractivity contribution < 1.29 is 23.0 Å². The lowest BCUT2D eigenvalue weighted by Crippen LogP contribution is -2.32. The minimum Gasteiger partial charge on any atom is -0.491 e. The van der Waals surface area contributed by atoms with E-state index in [0.29, 0.717) is 11.3 Å². The lowest BCUT2D eigenvalue weighted by Gasteiger charge is -2.13. The molecular weight excluding hydrogens is 305 g/mol. The summed E-state index contributed by atoms with van der Waals surface area (Å²) < 4.78 is 40.9. The van der Waals surface area contributed by atoms with E-state index in [1.807, 2.05) is 6.07 Å². The van der Waals surface area contributed by atoms with Crippen LogP contribution in [0.4, 0.5) is 13.2 Å². The third-order valence-corrected chi connectivity index (χ3v) is 3.07. The summed E-state index contributed by atoms with van der Waals surface area (Å²) in [7, 11) is 0. The molecule has 0 spiro atoms. The van der Waals surface area contributed by atoms with Gasteiger partial charge in [0.1, 0.15) is 18.5 Å². The second kappa shape index (κ2) is 8.77. The molecule has 1 aromatic carbocycles. The Bertz CT molecular complexity index is 477. The molecule has 0 amide bonds. The van der Waals surface area contributed by atoms with E-state index in [-0.39, 0.29) is 37.2 Å². The molecule has 1 rings (SSSR count). The maximum absolute atomic E-state index is 11.9. The van der Waals surface area contributed by atoms with Crippen LogP contribution in [-0.4, -0.2) is 42.2 Å². The summed E-state index contributed by atoms with van der Waals surface area (Å²) in [4.78, 5) is 0. The SMILES string of the molecule is N#Cc1cccc(OCC(O)CNCCSC(F)(F)F)c1. The summed E-state index contributed by atoms with van der Waals surface area (Å²) in [5.41, 5.74) is -3.78. The van der Waals surface area contributed by atoms with Crippen LogP contribution in [0, 0.1) is 11.3 Å². The molecular formula is C13H15F3N2O2S. The smallest absolute Gasteiger partial charge is 0.441 e. The van der Waals surface area contributed by atoms with Crippen LogP contribution in [0.2, 0.25) is 0 Å². The number of aliphatic hydroxyl groups excluding tert-OH is 1. The van der Waals surface area contributed by atoms with Crippen molar-refractivity contribution in [2.75, 3.05) is 25.4 Å². The second-order valence-corrected chi connectivity index (χ2v) is 5.26. The zero-order valence-corrected chi connectivity index (χ0v) is 11.9. The first-order valence-corrected chi connectivity index (χ1v) is 7.11. The molecule has 0 heterocycles. The second-order valence-electron chi connectivity index (χ2n) is 4.10. The van der Waals surface area contributed by atoms with E-state index >= 15 is 0 Å². The molecule has 116 valence electrons. The number of aliphatic hydroxyl groups is 1. The highest BCUT2D eigenvalue weighted by Gasteiger charge is 2.27. The molecule has 0 aliphatic heterocycles. The van der Waals surface area contributed by atoms with Crippen molar-refractivity contribution in [1.29, 1.82) is 5.26 Å². The van der Waals surface area contributed by atoms with E-state index < -0.39 is 11.6 Å². The van der Waals surface area contributed by atoms with Crippen molar-refractivity contribution in [2.45, 2.75) is 11.6 Å². The molecule has 0 saturated heterocycles. The fraction of sp³-hybridized carbons (Fsp3) is 0.462. The van der Waals surface area contributed by atoms with E-state index in [1.54, 1.807) is 24.3 Å². The highest BCUT2D eigenvalue weighted by Crippen LogP contribution is 2.29. The highest BCUT2D eigenvalue weighted by atomic mass is 32.2. The number of hydrogen-bond acceptors (Lipinski definition) is 5. The average Bonchev–Trinajstić information content (AvgIpc) is 2.44. The third kappa shape index (κ3) is 8.45. The summed E-state index contributed by atoms with van der Waals surface area (Å²) in [6.07, 6.45) is -0.841. The highest BCUT2D eigenvalue weighted by molar-refractivity contribution is 8.00. The lowest BCUT2D eigenvalue weighted by molar-refractivity contribution is -0.0327. The first kappa shape index (κ1) is 17.6. The largest absolute Gasteiger partial charge is 0.491 e. The van der Waals surface area contributed by atoms with Crippen LogP contribution in [0.15, 0.2) is 24.3 Å². The molecule has 0 fully saturated rings. The molecule has 0 saturated carbocycles. The number of nitrogens with zero attached hydrogens (tertiary/aromatic N) is 1. The van der Waals surface area contributed by atoms with Crippen LogP contribution in [-0.2, 0) is 0 Å². The maximum Gasteiger partial charge on any atom is 0.441 e. The van der Waals surface area contributed by atoms with Gasteiger partial charge in [0.25, 0.3) is 0 Å². The number of thioether (sulfide) groups is 1. The number of halogens is 3. The predicted molar refractivity (Wildman–Crippen MR) is 74.0 cm³/mol. The zero-order chi connectivity index (χ0) is 15.7. The number of rotatable bonds is 8. The summed E-state index contributed by atoms with van der Waals surface area (Å²) in [5, 5.41) is 21.0. The van der Waals surface area contributed by atoms with E-state index in [4.69, 9.17) is 10.00 Å². The maximum atomic E-state index is 11.9. The van der Waals surface area contributed by atoms with Gasteiger partial charge in [-0.1, -0.05) is 6.07 Å². The van der Waals surface area contributed by atoms with Crippen molar-refractivity contribution in [3.63, 3.8) is 0 Å². The normalized spacial score (nSPS) is 12.7. The van der Waals surface area contributed by atoms with E-state index in [0.717, 1.165) is 0 Å². The third-order valence-electron chi connectivity index (χ3n) is 2.33. The van der Waals surface area contributed by atoms with Crippen molar-refractivity contribution in [3.8, 4) is 11.8 Å². The van der Waals surface area contributed by atoms with Crippen molar-refractivity contribution in [1.82, 2.24) is 5.32 Å². The summed E-state index contributed by atoms with van der Waals surface area (Å²) in [5.74, 6) is 0.349. The summed E-state index contributed by atoms with van der Waals surface area (Å²) in [6.45, 7) is 0.274. The number of hydrogen-bond donors (Lipinski definition) is 2. The Kier molecular flexibility index (Phi) is 7.36. The number of ether oxygens (including phenoxy) is 1. The zero-order valence-electron chi connectivity index (χ0n) is 11.1. The van der Waals surface area contributed by atoms with Crippen LogP contribution < -0.4 is 10.1 Å². The predicted octanol–water partition coefficient (Wildman–Crippen LogP) is 2.14. The molecule has 4 nitrogen and oxygen atoms in total. The van der Waals surface area contributed by atoms with Crippen molar-refractivity contribution in [3.05, 3.63) is 29.8 Å². The molecule has 0 bridgehead atoms. The molecule has 0 aromatic heterocycles. The van der Waals surface area contributed by atoms with Crippen molar-refractivity contribution in [2.24, 2.45) is 0 Å². The standard InChI is InChI=1S/C13H15F3N2O2S/c14-13(15,16)21-5-4-18-8-11(19)9-20-12-3-1-2-10(6-12)7-17/h1-3,6,11,18-19H,4-5,8-9H2. The average molecular weight is 320 g/mol. The first-order chi connectivity index (χ1) is 9.90. The Labute approximate surface area is 124 Å². The quantitative estimate of drug-likeness (QED) is 0.719. The molecule has 0 radical (unpaired) electrons. The Morgan fingerprint density at radius 3 is 2.86 bits per heavy atom. The van der Waals surface area contributed by atoms with Crippen LogP contribution in [0.1, 0.15) is 5.56 Å². The van der Waals surface area contributed by atoms with Gasteiger partial charge in [0, 0.05) is 18.8 Å². The van der Waals surface area contributed by atoms with Gasteiger partial charge in [0.2, 0.25) is 0 Å². The van der Waals surface area contributed by atoms with Crippen LogP contribution in [0.25, 0.3) is 0 Å². The fourth-order valence-corrected chi connectivity index (χ4v) is 1.89. The first-order valence-electron chi connectivity index (χ1n) is 6.13. The minimum atomic E-state index is -4.23.